The van der Waals surface area contributed by atoms with Gasteiger partial charge in [0.2, 0.25) is 0 Å². The van der Waals surface area contributed by atoms with Crippen LogP contribution in [0.2, 0.25) is 5.02 Å². The van der Waals surface area contributed by atoms with Crippen molar-refractivity contribution in [3.05, 3.63) is 58.6 Å². The molecule has 1 atom stereocenters. The van der Waals surface area contributed by atoms with Crippen molar-refractivity contribution in [1.29, 1.82) is 0 Å². The molecular weight excluding hydrogens is 352 g/mol. The number of ether oxygens (including phenoxy) is 2. The number of likely N-dealkylation sites (N-methyl/N-ethyl adjacent to an activating group) is 1. The summed E-state index contributed by atoms with van der Waals surface area (Å²) in [5, 5.41) is 0.413. The van der Waals surface area contributed by atoms with Crippen LogP contribution in [0.3, 0.4) is 0 Å². The van der Waals surface area contributed by atoms with Gasteiger partial charge in [-0.2, -0.15) is 0 Å². The quantitative estimate of drug-likeness (QED) is 0.811. The molecule has 2 aromatic carbocycles. The first-order valence-corrected chi connectivity index (χ1v) is 9.15. The molecule has 2 aliphatic heterocycles. The van der Waals surface area contributed by atoms with E-state index >= 15 is 0 Å². The summed E-state index contributed by atoms with van der Waals surface area (Å²) in [6.07, 6.45) is 0. The Hall–Kier alpha value is -2.24. The number of rotatable bonds is 2. The predicted molar refractivity (Wildman–Crippen MR) is 100 cm³/mol. The van der Waals surface area contributed by atoms with Gasteiger partial charge in [-0.15, -0.1) is 0 Å². The zero-order valence-electron chi connectivity index (χ0n) is 14.7. The average Bonchev–Trinajstić information content (AvgIpc) is 2.68. The van der Waals surface area contributed by atoms with Gasteiger partial charge < -0.3 is 19.3 Å². The normalized spacial score (nSPS) is 20.1. The second-order valence-electron chi connectivity index (χ2n) is 6.67. The van der Waals surface area contributed by atoms with Gasteiger partial charge in [0.05, 0.1) is 11.1 Å². The number of carbonyl (C=O) groups is 1. The molecule has 2 heterocycles. The Morgan fingerprint density at radius 1 is 1.12 bits per heavy atom. The van der Waals surface area contributed by atoms with E-state index in [1.54, 1.807) is 12.1 Å². The van der Waals surface area contributed by atoms with Crippen LogP contribution >= 0.6 is 11.6 Å². The van der Waals surface area contributed by atoms with Gasteiger partial charge in [0, 0.05) is 25.2 Å². The van der Waals surface area contributed by atoms with E-state index in [0.29, 0.717) is 41.8 Å². The number of nitrogens with zero attached hydrogens (tertiary/aromatic N) is 2. The minimum Gasteiger partial charge on any atom is -0.486 e. The lowest BCUT2D eigenvalue weighted by atomic mass is 10.0. The van der Waals surface area contributed by atoms with Crippen molar-refractivity contribution >= 4 is 17.5 Å². The Morgan fingerprint density at radius 3 is 2.69 bits per heavy atom. The van der Waals surface area contributed by atoms with Crippen LogP contribution in [0.1, 0.15) is 22.0 Å². The lowest BCUT2D eigenvalue weighted by molar-refractivity contribution is 0.0497. The van der Waals surface area contributed by atoms with E-state index in [2.05, 4.69) is 24.1 Å². The third-order valence-corrected chi connectivity index (χ3v) is 5.15. The van der Waals surface area contributed by atoms with Crippen molar-refractivity contribution in [2.75, 3.05) is 39.9 Å². The Kier molecular flexibility index (Phi) is 4.74. The van der Waals surface area contributed by atoms with Crippen LogP contribution in [0.15, 0.2) is 42.5 Å². The Bertz CT molecular complexity index is 812. The zero-order chi connectivity index (χ0) is 18.1. The Labute approximate surface area is 158 Å². The number of benzene rings is 2. The molecular formula is C20H21ClN2O3. The van der Waals surface area contributed by atoms with Crippen LogP contribution in [-0.2, 0) is 0 Å². The van der Waals surface area contributed by atoms with Crippen LogP contribution in [0.4, 0.5) is 0 Å². The highest BCUT2D eigenvalue weighted by molar-refractivity contribution is 6.32. The zero-order valence-corrected chi connectivity index (χ0v) is 15.4. The summed E-state index contributed by atoms with van der Waals surface area (Å²) in [7, 11) is 2.08. The number of hydrogen-bond acceptors (Lipinski definition) is 4. The number of fused-ring (bicyclic) bond motifs is 1. The third-order valence-electron chi connectivity index (χ3n) is 4.87. The van der Waals surface area contributed by atoms with Crippen LogP contribution < -0.4 is 9.47 Å². The standard InChI is InChI=1S/C20H21ClN2O3/c1-22-7-8-23(17(13-22)14-5-3-2-4-6-14)20(24)15-11-16(21)19-18(12-15)25-9-10-26-19/h2-6,11-12,17H,7-10,13H2,1H3/t17-/m1/s1. The molecule has 26 heavy (non-hydrogen) atoms. The molecule has 0 spiro atoms. The molecule has 1 fully saturated rings. The van der Waals surface area contributed by atoms with Gasteiger partial charge in [0.25, 0.3) is 5.91 Å². The highest BCUT2D eigenvalue weighted by Crippen LogP contribution is 2.39. The van der Waals surface area contributed by atoms with Gasteiger partial charge in [-0.3, -0.25) is 4.79 Å². The summed E-state index contributed by atoms with van der Waals surface area (Å²) >= 11 is 6.32. The number of hydrogen-bond donors (Lipinski definition) is 0. The van der Waals surface area contributed by atoms with E-state index in [1.807, 2.05) is 23.1 Å². The van der Waals surface area contributed by atoms with Crippen molar-refractivity contribution in [3.63, 3.8) is 0 Å². The average molecular weight is 373 g/mol. The van der Waals surface area contributed by atoms with Crippen molar-refractivity contribution in [3.8, 4) is 11.5 Å². The topological polar surface area (TPSA) is 42.0 Å². The number of carbonyl (C=O) groups excluding carboxylic acids is 1. The minimum atomic E-state index is -0.0363. The fourth-order valence-corrected chi connectivity index (χ4v) is 3.79. The summed E-state index contributed by atoms with van der Waals surface area (Å²) < 4.78 is 11.2. The molecule has 0 N–H and O–H groups in total. The molecule has 0 unspecified atom stereocenters. The van der Waals surface area contributed by atoms with Gasteiger partial charge in [-0.25, -0.2) is 0 Å². The first-order chi connectivity index (χ1) is 12.6. The lowest BCUT2D eigenvalue weighted by Gasteiger charge is -2.40. The molecule has 5 nitrogen and oxygen atoms in total. The SMILES string of the molecule is CN1CCN(C(=O)c2cc(Cl)c3c(c2)OCCO3)[C@@H](c2ccccc2)C1. The molecule has 6 heteroatoms. The fourth-order valence-electron chi connectivity index (χ4n) is 3.52. The molecule has 0 bridgehead atoms. The maximum atomic E-state index is 13.3. The molecule has 0 radical (unpaired) electrons. The second-order valence-corrected chi connectivity index (χ2v) is 7.08. The largest absolute Gasteiger partial charge is 0.486 e. The monoisotopic (exact) mass is 372 g/mol. The number of halogens is 1. The molecule has 136 valence electrons. The van der Waals surface area contributed by atoms with Crippen LogP contribution in [0, 0.1) is 0 Å². The van der Waals surface area contributed by atoms with E-state index in [-0.39, 0.29) is 11.9 Å². The molecule has 4 rings (SSSR count). The van der Waals surface area contributed by atoms with Crippen LogP contribution in [0.25, 0.3) is 0 Å². The predicted octanol–water partition coefficient (Wildman–Crippen LogP) is 3.24. The van der Waals surface area contributed by atoms with Crippen molar-refractivity contribution in [2.24, 2.45) is 0 Å². The Balaban J connectivity index is 1.67. The molecule has 1 amide bonds. The van der Waals surface area contributed by atoms with Gasteiger partial charge in [0.15, 0.2) is 11.5 Å². The van der Waals surface area contributed by atoms with Crippen LogP contribution in [0.5, 0.6) is 11.5 Å². The summed E-state index contributed by atoms with van der Waals surface area (Å²) in [5.74, 6) is 1.02. The summed E-state index contributed by atoms with van der Waals surface area (Å²) in [6.45, 7) is 3.24. The molecule has 2 aliphatic rings. The summed E-state index contributed by atoms with van der Waals surface area (Å²) in [4.78, 5) is 17.5. The second kappa shape index (κ2) is 7.17. The molecule has 0 aromatic heterocycles. The van der Waals surface area contributed by atoms with Gasteiger partial charge in [-0.1, -0.05) is 41.9 Å². The van der Waals surface area contributed by atoms with E-state index < -0.39 is 0 Å². The maximum absolute atomic E-state index is 13.3. The van der Waals surface area contributed by atoms with Crippen molar-refractivity contribution in [2.45, 2.75) is 6.04 Å². The van der Waals surface area contributed by atoms with E-state index in [0.717, 1.165) is 18.7 Å². The van der Waals surface area contributed by atoms with Crippen LogP contribution in [-0.4, -0.2) is 55.6 Å². The lowest BCUT2D eigenvalue weighted by Crippen LogP contribution is -2.49. The van der Waals surface area contributed by atoms with Crippen molar-refractivity contribution in [1.82, 2.24) is 9.80 Å². The van der Waals surface area contributed by atoms with Gasteiger partial charge >= 0.3 is 0 Å². The number of amides is 1. The smallest absolute Gasteiger partial charge is 0.254 e. The van der Waals surface area contributed by atoms with E-state index in [1.165, 1.54) is 0 Å². The highest BCUT2D eigenvalue weighted by atomic mass is 35.5. The van der Waals surface area contributed by atoms with E-state index in [4.69, 9.17) is 21.1 Å². The van der Waals surface area contributed by atoms with Gasteiger partial charge in [0.1, 0.15) is 13.2 Å². The third kappa shape index (κ3) is 3.24. The molecule has 2 aromatic rings. The number of piperazine rings is 1. The maximum Gasteiger partial charge on any atom is 0.254 e. The first kappa shape index (κ1) is 17.2. The molecule has 1 saturated heterocycles. The fraction of sp³-hybridized carbons (Fsp3) is 0.350. The highest BCUT2D eigenvalue weighted by Gasteiger charge is 2.32. The Morgan fingerprint density at radius 2 is 1.88 bits per heavy atom. The first-order valence-electron chi connectivity index (χ1n) is 8.77. The summed E-state index contributed by atoms with van der Waals surface area (Å²) in [5.41, 5.74) is 1.67. The molecule has 0 aliphatic carbocycles. The van der Waals surface area contributed by atoms with Crippen molar-refractivity contribution < 1.29 is 14.3 Å². The summed E-state index contributed by atoms with van der Waals surface area (Å²) in [6, 6.07) is 13.6. The van der Waals surface area contributed by atoms with Gasteiger partial charge in [-0.05, 0) is 24.7 Å². The molecule has 0 saturated carbocycles. The van der Waals surface area contributed by atoms with E-state index in [9.17, 15) is 4.79 Å². The minimum absolute atomic E-state index is 0.00873.